The van der Waals surface area contributed by atoms with Crippen molar-refractivity contribution in [2.24, 2.45) is 0 Å². The van der Waals surface area contributed by atoms with Crippen LogP contribution in [0.5, 0.6) is 5.75 Å². The molecule has 1 N–H and O–H groups in total. The minimum Gasteiger partial charge on any atom is -0.494 e. The van der Waals surface area contributed by atoms with Gasteiger partial charge in [0.25, 0.3) is 0 Å². The molecule has 1 heterocycles. The van der Waals surface area contributed by atoms with Crippen molar-refractivity contribution < 1.29 is 14.3 Å². The standard InChI is InChI=1S/C13H18ClNO.C6H13NO2.C2H6/c1-2-16-13-6-5-12(14)9-11(13)10-15-7-3-4-8-15;1-6(2,3)9-5(8)7-4;1-2/h5-6,9H,2-4,7-8,10H2,1H3;1-4H3,(H,7,8);1-2H3. The van der Waals surface area contributed by atoms with Crippen molar-refractivity contribution in [3.8, 4) is 5.75 Å². The zero-order valence-corrected chi connectivity index (χ0v) is 18.8. The maximum absolute atomic E-state index is 10.5. The number of amides is 1. The number of carbonyl (C=O) groups excluding carboxylic acids is 1. The number of alkyl carbamates (subject to hydrolysis) is 1. The molecule has 27 heavy (non-hydrogen) atoms. The molecule has 0 bridgehead atoms. The van der Waals surface area contributed by atoms with Crippen LogP contribution >= 0.6 is 11.6 Å². The Kier molecular flexibility index (Phi) is 12.9. The number of nitrogens with zero attached hydrogens (tertiary/aromatic N) is 1. The number of likely N-dealkylation sites (tertiary alicyclic amines) is 1. The molecule has 0 radical (unpaired) electrons. The molecule has 1 fully saturated rings. The van der Waals surface area contributed by atoms with Crippen molar-refractivity contribution >= 4 is 17.7 Å². The summed E-state index contributed by atoms with van der Waals surface area (Å²) in [5.74, 6) is 0.971. The Bertz CT molecular complexity index is 539. The lowest BCUT2D eigenvalue weighted by molar-refractivity contribution is 0.0541. The molecule has 1 aromatic carbocycles. The highest BCUT2D eigenvalue weighted by Gasteiger charge is 2.15. The van der Waals surface area contributed by atoms with Gasteiger partial charge in [-0.2, -0.15) is 0 Å². The van der Waals surface area contributed by atoms with Crippen LogP contribution in [0.15, 0.2) is 18.2 Å². The van der Waals surface area contributed by atoms with E-state index in [0.717, 1.165) is 17.3 Å². The van der Waals surface area contributed by atoms with Crippen LogP contribution in [0.25, 0.3) is 0 Å². The minimum atomic E-state index is -0.389. The summed E-state index contributed by atoms with van der Waals surface area (Å²) in [6, 6.07) is 5.88. The Morgan fingerprint density at radius 1 is 1.22 bits per heavy atom. The van der Waals surface area contributed by atoms with E-state index in [4.69, 9.17) is 21.1 Å². The van der Waals surface area contributed by atoms with Gasteiger partial charge in [-0.3, -0.25) is 4.90 Å². The van der Waals surface area contributed by atoms with Crippen LogP contribution in [0.3, 0.4) is 0 Å². The van der Waals surface area contributed by atoms with Gasteiger partial charge in [0, 0.05) is 24.2 Å². The van der Waals surface area contributed by atoms with Gasteiger partial charge < -0.3 is 14.8 Å². The largest absolute Gasteiger partial charge is 0.494 e. The van der Waals surface area contributed by atoms with Crippen molar-refractivity contribution in [1.29, 1.82) is 0 Å². The predicted molar refractivity (Wildman–Crippen MR) is 114 cm³/mol. The lowest BCUT2D eigenvalue weighted by Gasteiger charge is -2.18. The smallest absolute Gasteiger partial charge is 0.407 e. The molecule has 0 aromatic heterocycles. The number of benzene rings is 1. The van der Waals surface area contributed by atoms with E-state index in [-0.39, 0.29) is 11.7 Å². The first-order valence-corrected chi connectivity index (χ1v) is 10.2. The van der Waals surface area contributed by atoms with E-state index in [1.54, 1.807) is 0 Å². The average Bonchev–Trinajstić information content (AvgIpc) is 3.11. The first-order chi connectivity index (χ1) is 12.7. The summed E-state index contributed by atoms with van der Waals surface area (Å²) in [4.78, 5) is 12.9. The fourth-order valence-corrected chi connectivity index (χ4v) is 2.67. The molecule has 1 aliphatic rings. The molecule has 1 amide bonds. The van der Waals surface area contributed by atoms with Gasteiger partial charge >= 0.3 is 6.09 Å². The molecule has 0 saturated carbocycles. The molecule has 6 heteroatoms. The number of rotatable bonds is 4. The Balaban J connectivity index is 0.000000528. The molecule has 156 valence electrons. The summed E-state index contributed by atoms with van der Waals surface area (Å²) in [6.45, 7) is 15.5. The molecule has 1 aromatic rings. The zero-order chi connectivity index (χ0) is 20.9. The first kappa shape index (κ1) is 25.5. The minimum absolute atomic E-state index is 0.387. The molecule has 2 rings (SSSR count). The fourth-order valence-electron chi connectivity index (χ4n) is 2.48. The van der Waals surface area contributed by atoms with Gasteiger partial charge in [0.15, 0.2) is 0 Å². The van der Waals surface area contributed by atoms with Gasteiger partial charge in [0.1, 0.15) is 11.4 Å². The van der Waals surface area contributed by atoms with Gasteiger partial charge in [-0.15, -0.1) is 0 Å². The third-order valence-corrected chi connectivity index (χ3v) is 3.75. The Morgan fingerprint density at radius 2 is 1.81 bits per heavy atom. The highest BCUT2D eigenvalue weighted by molar-refractivity contribution is 6.30. The van der Waals surface area contributed by atoms with Crippen molar-refractivity contribution in [3.05, 3.63) is 28.8 Å². The van der Waals surface area contributed by atoms with Crippen LogP contribution in [0.4, 0.5) is 4.79 Å². The molecule has 0 atom stereocenters. The van der Waals surface area contributed by atoms with Gasteiger partial charge in [-0.05, 0) is 71.8 Å². The third-order valence-electron chi connectivity index (χ3n) is 3.52. The average molecular weight is 401 g/mol. The number of halogens is 1. The summed E-state index contributed by atoms with van der Waals surface area (Å²) in [5, 5.41) is 3.15. The number of carbonyl (C=O) groups is 1. The number of ether oxygens (including phenoxy) is 2. The van der Waals surface area contributed by atoms with E-state index < -0.39 is 0 Å². The molecule has 0 aliphatic carbocycles. The summed E-state index contributed by atoms with van der Waals surface area (Å²) in [6.07, 6.45) is 2.23. The SMILES string of the molecule is CC.CCOc1ccc(Cl)cc1CN1CCCC1.CNC(=O)OC(C)(C)C. The van der Waals surface area contributed by atoms with Crippen molar-refractivity contribution in [2.75, 3.05) is 26.7 Å². The second-order valence-electron chi connectivity index (χ2n) is 6.92. The van der Waals surface area contributed by atoms with E-state index in [9.17, 15) is 4.79 Å². The van der Waals surface area contributed by atoms with E-state index in [1.807, 2.05) is 59.7 Å². The lowest BCUT2D eigenvalue weighted by atomic mass is 10.2. The molecular formula is C21H37ClN2O3. The summed E-state index contributed by atoms with van der Waals surface area (Å²) in [7, 11) is 1.54. The second kappa shape index (κ2) is 13.7. The molecule has 1 aliphatic heterocycles. The van der Waals surface area contributed by atoms with Gasteiger partial charge in [0.2, 0.25) is 0 Å². The Hall–Kier alpha value is -1.46. The van der Waals surface area contributed by atoms with Crippen LogP contribution in [0, 0.1) is 0 Å². The number of nitrogens with one attached hydrogen (secondary N) is 1. The van der Waals surface area contributed by atoms with Crippen LogP contribution in [-0.4, -0.2) is 43.3 Å². The fraction of sp³-hybridized carbons (Fsp3) is 0.667. The second-order valence-corrected chi connectivity index (χ2v) is 7.36. The number of hydrogen-bond acceptors (Lipinski definition) is 4. The maximum Gasteiger partial charge on any atom is 0.407 e. The molecule has 5 nitrogen and oxygen atoms in total. The summed E-state index contributed by atoms with van der Waals surface area (Å²) < 4.78 is 10.5. The molecular weight excluding hydrogens is 364 g/mol. The van der Waals surface area contributed by atoms with Gasteiger partial charge in [-0.25, -0.2) is 4.79 Å². The molecule has 0 spiro atoms. The van der Waals surface area contributed by atoms with E-state index in [2.05, 4.69) is 10.2 Å². The maximum atomic E-state index is 10.5. The Morgan fingerprint density at radius 3 is 2.26 bits per heavy atom. The van der Waals surface area contributed by atoms with Gasteiger partial charge in [0.05, 0.1) is 6.61 Å². The predicted octanol–water partition coefficient (Wildman–Crippen LogP) is 5.50. The van der Waals surface area contributed by atoms with Crippen LogP contribution < -0.4 is 10.1 Å². The molecule has 1 saturated heterocycles. The lowest BCUT2D eigenvalue weighted by Crippen LogP contribution is -2.30. The number of hydrogen-bond donors (Lipinski definition) is 1. The van der Waals surface area contributed by atoms with Crippen molar-refractivity contribution in [3.63, 3.8) is 0 Å². The monoisotopic (exact) mass is 400 g/mol. The molecule has 0 unspecified atom stereocenters. The highest BCUT2D eigenvalue weighted by atomic mass is 35.5. The van der Waals surface area contributed by atoms with Crippen LogP contribution in [0.1, 0.15) is 59.9 Å². The third kappa shape index (κ3) is 11.8. The van der Waals surface area contributed by atoms with Crippen LogP contribution in [-0.2, 0) is 11.3 Å². The van der Waals surface area contributed by atoms with Crippen molar-refractivity contribution in [2.45, 2.75) is 66.5 Å². The summed E-state index contributed by atoms with van der Waals surface area (Å²) in [5.41, 5.74) is 0.816. The Labute approximate surface area is 170 Å². The highest BCUT2D eigenvalue weighted by Crippen LogP contribution is 2.25. The van der Waals surface area contributed by atoms with E-state index in [0.29, 0.717) is 6.61 Å². The zero-order valence-electron chi connectivity index (χ0n) is 18.0. The first-order valence-electron chi connectivity index (χ1n) is 9.79. The van der Waals surface area contributed by atoms with Crippen LogP contribution in [0.2, 0.25) is 5.02 Å². The van der Waals surface area contributed by atoms with E-state index in [1.165, 1.54) is 38.5 Å². The quantitative estimate of drug-likeness (QED) is 0.724. The summed E-state index contributed by atoms with van der Waals surface area (Å²) >= 11 is 6.03. The van der Waals surface area contributed by atoms with E-state index >= 15 is 0 Å². The normalized spacial score (nSPS) is 13.6. The van der Waals surface area contributed by atoms with Gasteiger partial charge in [-0.1, -0.05) is 25.4 Å². The van der Waals surface area contributed by atoms with Crippen molar-refractivity contribution in [1.82, 2.24) is 10.2 Å². The topological polar surface area (TPSA) is 50.8 Å².